The van der Waals surface area contributed by atoms with Crippen LogP contribution >= 0.6 is 11.6 Å². The van der Waals surface area contributed by atoms with Gasteiger partial charge in [-0.1, -0.05) is 24.1 Å². The van der Waals surface area contributed by atoms with Crippen LogP contribution in [0.3, 0.4) is 0 Å². The highest BCUT2D eigenvalue weighted by Gasteiger charge is 2.32. The van der Waals surface area contributed by atoms with Crippen molar-refractivity contribution in [2.75, 3.05) is 24.7 Å². The summed E-state index contributed by atoms with van der Waals surface area (Å²) in [7, 11) is 0. The molecule has 0 bridgehead atoms. The first-order chi connectivity index (χ1) is 13.4. The molecule has 2 aliphatic rings. The zero-order chi connectivity index (χ0) is 20.0. The van der Waals surface area contributed by atoms with Gasteiger partial charge in [-0.15, -0.1) is 6.42 Å². The third-order valence-corrected chi connectivity index (χ3v) is 5.03. The van der Waals surface area contributed by atoms with E-state index in [0.29, 0.717) is 26.3 Å². The van der Waals surface area contributed by atoms with Crippen molar-refractivity contribution in [1.82, 2.24) is 9.36 Å². The van der Waals surface area contributed by atoms with Crippen molar-refractivity contribution in [1.29, 1.82) is 0 Å². The Morgan fingerprint density at radius 3 is 2.68 bits per heavy atom. The van der Waals surface area contributed by atoms with Crippen molar-refractivity contribution in [3.8, 4) is 29.2 Å². The van der Waals surface area contributed by atoms with Crippen LogP contribution in [0, 0.1) is 18.2 Å². The van der Waals surface area contributed by atoms with E-state index in [9.17, 15) is 14.0 Å². The lowest BCUT2D eigenvalue weighted by molar-refractivity contribution is -0.117. The summed E-state index contributed by atoms with van der Waals surface area (Å²) in [6.45, 7) is 4.87. The van der Waals surface area contributed by atoms with Gasteiger partial charge in [0.15, 0.2) is 11.5 Å². The minimum Gasteiger partial charge on any atom is -0.450 e. The predicted molar refractivity (Wildman–Crippen MR) is 101 cm³/mol. The molecule has 1 aromatic carbocycles. The quantitative estimate of drug-likeness (QED) is 0.568. The first-order valence-electron chi connectivity index (χ1n) is 8.47. The number of carbonyl (C=O) groups excluding carboxylic acids is 1. The van der Waals surface area contributed by atoms with Gasteiger partial charge in [0.1, 0.15) is 11.0 Å². The molecule has 0 radical (unpaired) electrons. The number of hydrogen-bond donors (Lipinski definition) is 0. The Morgan fingerprint density at radius 1 is 1.25 bits per heavy atom. The second kappa shape index (κ2) is 6.86. The van der Waals surface area contributed by atoms with Crippen LogP contribution in [0.15, 0.2) is 29.3 Å². The average Bonchev–Trinajstić information content (AvgIpc) is 2.84. The number of ether oxygens (including phenoxy) is 2. The van der Waals surface area contributed by atoms with E-state index in [2.05, 4.69) is 12.5 Å². The lowest BCUT2D eigenvalue weighted by Gasteiger charge is -2.29. The van der Waals surface area contributed by atoms with Crippen LogP contribution in [0.2, 0.25) is 5.15 Å². The van der Waals surface area contributed by atoms with Gasteiger partial charge < -0.3 is 9.47 Å². The highest BCUT2D eigenvalue weighted by molar-refractivity contribution is 6.32. The maximum absolute atomic E-state index is 14.9. The predicted octanol–water partition coefficient (Wildman–Crippen LogP) is 2.01. The van der Waals surface area contributed by atoms with Gasteiger partial charge in [0.25, 0.3) is 11.5 Å². The number of benzene rings is 1. The molecule has 144 valence electrons. The average molecular weight is 404 g/mol. The van der Waals surface area contributed by atoms with Crippen molar-refractivity contribution in [2.45, 2.75) is 13.1 Å². The molecule has 2 aliphatic heterocycles. The Labute approximate surface area is 164 Å². The summed E-state index contributed by atoms with van der Waals surface area (Å²) in [5.41, 5.74) is -0.211. The molecule has 1 amide bonds. The lowest BCUT2D eigenvalue weighted by Crippen LogP contribution is -2.37. The molecule has 0 spiro atoms. The van der Waals surface area contributed by atoms with Gasteiger partial charge in [0.2, 0.25) is 0 Å². The molecule has 0 fully saturated rings. The number of rotatable bonds is 2. The van der Waals surface area contributed by atoms with Crippen molar-refractivity contribution in [3.05, 3.63) is 45.8 Å². The van der Waals surface area contributed by atoms with Crippen LogP contribution in [-0.2, 0) is 22.6 Å². The van der Waals surface area contributed by atoms with Crippen molar-refractivity contribution in [3.63, 3.8) is 0 Å². The van der Waals surface area contributed by atoms with E-state index in [4.69, 9.17) is 27.5 Å². The van der Waals surface area contributed by atoms with Crippen LogP contribution in [0.4, 0.5) is 10.1 Å². The molecule has 0 aliphatic carbocycles. The number of aromatic nitrogens is 2. The highest BCUT2D eigenvalue weighted by atomic mass is 35.5. The van der Waals surface area contributed by atoms with E-state index in [0.717, 1.165) is 6.07 Å². The third-order valence-electron chi connectivity index (χ3n) is 4.64. The summed E-state index contributed by atoms with van der Waals surface area (Å²) in [6.07, 6.45) is 5.35. The zero-order valence-corrected chi connectivity index (χ0v) is 15.5. The minimum absolute atomic E-state index is 0.0152. The summed E-state index contributed by atoms with van der Waals surface area (Å²) in [4.78, 5) is 26.5. The van der Waals surface area contributed by atoms with E-state index in [1.165, 1.54) is 15.6 Å². The summed E-state index contributed by atoms with van der Waals surface area (Å²) < 4.78 is 28.6. The van der Waals surface area contributed by atoms with Crippen LogP contribution < -0.4 is 15.2 Å². The van der Waals surface area contributed by atoms with Gasteiger partial charge >= 0.3 is 0 Å². The topological polar surface area (TPSA) is 65.7 Å². The normalized spacial score (nSPS) is 16.1. The maximum atomic E-state index is 14.9. The number of amides is 1. The van der Waals surface area contributed by atoms with Gasteiger partial charge in [-0.2, -0.15) is 0 Å². The molecule has 3 heterocycles. The van der Waals surface area contributed by atoms with Crippen LogP contribution in [0.25, 0.3) is 11.1 Å². The molecule has 2 aromatic rings. The summed E-state index contributed by atoms with van der Waals surface area (Å²) >= 11 is 6.42. The number of halogens is 2. The van der Waals surface area contributed by atoms with Crippen LogP contribution in [0.1, 0.15) is 0 Å². The lowest BCUT2D eigenvalue weighted by atomic mass is 10.1. The summed E-state index contributed by atoms with van der Waals surface area (Å²) in [5.74, 6) is 1.06. The number of carbonyl (C=O) groups is 1. The second-order valence-corrected chi connectivity index (χ2v) is 6.61. The second-order valence-electron chi connectivity index (χ2n) is 6.25. The fourth-order valence-electron chi connectivity index (χ4n) is 3.35. The van der Waals surface area contributed by atoms with E-state index in [-0.39, 0.29) is 40.0 Å². The minimum atomic E-state index is -0.710. The van der Waals surface area contributed by atoms with Gasteiger partial charge in [-0.3, -0.25) is 19.2 Å². The van der Waals surface area contributed by atoms with Crippen LogP contribution in [0.5, 0.6) is 5.75 Å². The molecule has 1 aromatic heterocycles. The maximum Gasteiger partial charge on any atom is 0.294 e. The SMILES string of the molecule is C#CCN1C(=O)C(=C)Oc2cc(F)c(-c3c(Cl)n4n(c3=O)CCOCC4)cc21. The van der Waals surface area contributed by atoms with Gasteiger partial charge in [0.05, 0.1) is 44.1 Å². The Hall–Kier alpha value is -3.02. The van der Waals surface area contributed by atoms with Crippen molar-refractivity contribution < 1.29 is 18.7 Å². The van der Waals surface area contributed by atoms with E-state index >= 15 is 0 Å². The molecule has 0 atom stereocenters. The third kappa shape index (κ3) is 2.71. The Balaban J connectivity index is 1.92. The molecule has 0 saturated carbocycles. The fourth-order valence-corrected chi connectivity index (χ4v) is 3.70. The zero-order valence-electron chi connectivity index (χ0n) is 14.7. The first-order valence-corrected chi connectivity index (χ1v) is 8.84. The number of anilines is 1. The number of nitrogens with zero attached hydrogens (tertiary/aromatic N) is 3. The van der Waals surface area contributed by atoms with Crippen LogP contribution in [-0.4, -0.2) is 35.0 Å². The molecule has 0 saturated heterocycles. The molecule has 0 unspecified atom stereocenters. The Kier molecular flexibility index (Phi) is 4.49. The molecule has 28 heavy (non-hydrogen) atoms. The molecule has 7 nitrogen and oxygen atoms in total. The van der Waals surface area contributed by atoms with E-state index in [1.807, 2.05) is 0 Å². The van der Waals surface area contributed by atoms with Crippen molar-refractivity contribution >= 4 is 23.2 Å². The summed E-state index contributed by atoms with van der Waals surface area (Å²) in [6, 6.07) is 2.45. The molecule has 0 N–H and O–H groups in total. The van der Waals surface area contributed by atoms with E-state index in [1.54, 1.807) is 4.68 Å². The first kappa shape index (κ1) is 18.3. The Bertz CT molecular complexity index is 1110. The fraction of sp³-hybridized carbons (Fsp3) is 0.263. The highest BCUT2D eigenvalue weighted by Crippen LogP contribution is 2.40. The molecular weight excluding hydrogens is 389 g/mol. The van der Waals surface area contributed by atoms with Gasteiger partial charge in [-0.25, -0.2) is 9.07 Å². The molecule has 9 heteroatoms. The number of fused-ring (bicyclic) bond motifs is 2. The van der Waals surface area contributed by atoms with Gasteiger partial charge in [0, 0.05) is 11.6 Å². The van der Waals surface area contributed by atoms with E-state index < -0.39 is 17.3 Å². The smallest absolute Gasteiger partial charge is 0.294 e. The Morgan fingerprint density at radius 2 is 1.96 bits per heavy atom. The standard InChI is InChI=1S/C19H15ClFN3O4/c1-3-4-22-14-9-12(13(21)10-15(14)28-11(2)18(22)25)16-17(20)23-5-7-27-8-6-24(23)19(16)26/h1,9-10H,2,4-8H2. The number of hydrogen-bond acceptors (Lipinski definition) is 4. The molecular formula is C19H15ClFN3O4. The summed E-state index contributed by atoms with van der Waals surface area (Å²) in [5, 5.41) is 0.102. The van der Waals surface area contributed by atoms with Gasteiger partial charge in [-0.05, 0) is 6.07 Å². The largest absolute Gasteiger partial charge is 0.450 e. The van der Waals surface area contributed by atoms with Crippen molar-refractivity contribution in [2.24, 2.45) is 0 Å². The number of terminal acetylenes is 1. The molecule has 4 rings (SSSR count). The monoisotopic (exact) mass is 403 g/mol.